The molecule has 1 N–H and O–H groups in total. The van der Waals surface area contributed by atoms with Crippen LogP contribution in [-0.4, -0.2) is 4.98 Å². The van der Waals surface area contributed by atoms with Crippen LogP contribution < -0.4 is 5.32 Å². The molecule has 3 heteroatoms. The van der Waals surface area contributed by atoms with E-state index < -0.39 is 0 Å². The van der Waals surface area contributed by atoms with Crippen LogP contribution in [0.25, 0.3) is 0 Å². The first-order valence-corrected chi connectivity index (χ1v) is 6.96. The Labute approximate surface area is 107 Å². The van der Waals surface area contributed by atoms with Gasteiger partial charge in [-0.05, 0) is 30.5 Å². The third-order valence-corrected chi connectivity index (χ3v) is 3.75. The second-order valence-electron chi connectivity index (χ2n) is 3.99. The minimum absolute atomic E-state index is 0.809. The van der Waals surface area contributed by atoms with Gasteiger partial charge in [-0.25, -0.2) is 4.98 Å². The summed E-state index contributed by atoms with van der Waals surface area (Å²) in [5.41, 5.74) is 3.67. The monoisotopic (exact) mass is 246 g/mol. The zero-order valence-electron chi connectivity index (χ0n) is 10.4. The summed E-state index contributed by atoms with van der Waals surface area (Å²) in [6.45, 7) is 5.12. The summed E-state index contributed by atoms with van der Waals surface area (Å²) in [6, 6.07) is 8.56. The van der Waals surface area contributed by atoms with Gasteiger partial charge in [-0.15, -0.1) is 11.3 Å². The fourth-order valence-electron chi connectivity index (χ4n) is 1.69. The van der Waals surface area contributed by atoms with Gasteiger partial charge in [-0.3, -0.25) is 0 Å². The lowest BCUT2D eigenvalue weighted by atomic mass is 10.1. The lowest BCUT2D eigenvalue weighted by molar-refractivity contribution is 1.01. The molecular weight excluding hydrogens is 228 g/mol. The average Bonchev–Trinajstić information content (AvgIpc) is 2.84. The van der Waals surface area contributed by atoms with Gasteiger partial charge >= 0.3 is 0 Å². The van der Waals surface area contributed by atoms with E-state index in [2.05, 4.69) is 53.8 Å². The number of thiazole rings is 1. The van der Waals surface area contributed by atoms with Crippen molar-refractivity contribution in [1.29, 1.82) is 0 Å². The van der Waals surface area contributed by atoms with Crippen molar-refractivity contribution in [2.75, 3.05) is 5.32 Å². The van der Waals surface area contributed by atoms with E-state index in [0.29, 0.717) is 0 Å². The van der Waals surface area contributed by atoms with Crippen LogP contribution in [0.15, 0.2) is 29.6 Å². The Hall–Kier alpha value is -1.35. The van der Waals surface area contributed by atoms with Crippen molar-refractivity contribution in [3.8, 4) is 0 Å². The number of benzene rings is 1. The van der Waals surface area contributed by atoms with Gasteiger partial charge in [0.2, 0.25) is 0 Å². The zero-order valence-corrected chi connectivity index (χ0v) is 11.2. The number of anilines is 1. The quantitative estimate of drug-likeness (QED) is 0.866. The Morgan fingerprint density at radius 1 is 1.24 bits per heavy atom. The van der Waals surface area contributed by atoms with Gasteiger partial charge in [0.1, 0.15) is 0 Å². The van der Waals surface area contributed by atoms with Gasteiger partial charge in [-0.2, -0.15) is 0 Å². The average molecular weight is 246 g/mol. The van der Waals surface area contributed by atoms with Gasteiger partial charge < -0.3 is 5.32 Å². The molecule has 2 nitrogen and oxygen atoms in total. The smallest absolute Gasteiger partial charge is 0.0926 e. The van der Waals surface area contributed by atoms with Crippen LogP contribution in [0.1, 0.15) is 30.1 Å². The van der Waals surface area contributed by atoms with E-state index in [4.69, 9.17) is 0 Å². The van der Waals surface area contributed by atoms with Crippen LogP contribution in [0, 0.1) is 0 Å². The van der Waals surface area contributed by atoms with Gasteiger partial charge in [0.15, 0.2) is 0 Å². The SMILES string of the molecule is CCc1cccc(NCc2csc(CC)n2)c1. The summed E-state index contributed by atoms with van der Waals surface area (Å²) in [6.07, 6.45) is 2.10. The maximum atomic E-state index is 4.54. The van der Waals surface area contributed by atoms with Gasteiger partial charge in [-0.1, -0.05) is 26.0 Å². The molecule has 0 saturated carbocycles. The highest BCUT2D eigenvalue weighted by molar-refractivity contribution is 7.09. The summed E-state index contributed by atoms with van der Waals surface area (Å²) >= 11 is 1.74. The Balaban J connectivity index is 1.96. The number of aryl methyl sites for hydroxylation is 2. The molecule has 1 aromatic carbocycles. The van der Waals surface area contributed by atoms with Crippen LogP contribution in [0.3, 0.4) is 0 Å². The second kappa shape index (κ2) is 5.82. The molecule has 0 atom stereocenters. The van der Waals surface area contributed by atoms with Crippen molar-refractivity contribution >= 4 is 17.0 Å². The summed E-state index contributed by atoms with van der Waals surface area (Å²) in [5.74, 6) is 0. The normalized spacial score (nSPS) is 10.5. The molecule has 0 unspecified atom stereocenters. The highest BCUT2D eigenvalue weighted by Crippen LogP contribution is 2.14. The van der Waals surface area contributed by atoms with Crippen molar-refractivity contribution < 1.29 is 0 Å². The molecule has 0 amide bonds. The van der Waals surface area contributed by atoms with Gasteiger partial charge in [0.25, 0.3) is 0 Å². The van der Waals surface area contributed by atoms with E-state index in [1.54, 1.807) is 11.3 Å². The summed E-state index contributed by atoms with van der Waals surface area (Å²) in [5, 5.41) is 6.76. The molecule has 17 heavy (non-hydrogen) atoms. The molecule has 0 bridgehead atoms. The lowest BCUT2D eigenvalue weighted by Crippen LogP contribution is -2.00. The predicted molar refractivity (Wildman–Crippen MR) is 74.6 cm³/mol. The molecule has 1 aromatic heterocycles. The number of nitrogens with zero attached hydrogens (tertiary/aromatic N) is 1. The third-order valence-electron chi connectivity index (χ3n) is 2.71. The molecule has 2 rings (SSSR count). The molecule has 0 saturated heterocycles. The Bertz CT molecular complexity index is 477. The maximum Gasteiger partial charge on any atom is 0.0926 e. The fraction of sp³-hybridized carbons (Fsp3) is 0.357. The number of rotatable bonds is 5. The van der Waals surface area contributed by atoms with Gasteiger partial charge in [0, 0.05) is 11.1 Å². The molecule has 0 aliphatic rings. The van der Waals surface area contributed by atoms with E-state index in [0.717, 1.165) is 25.1 Å². The first kappa shape index (κ1) is 12.1. The first-order chi connectivity index (χ1) is 8.31. The Kier molecular flexibility index (Phi) is 4.15. The number of hydrogen-bond acceptors (Lipinski definition) is 3. The summed E-state index contributed by atoms with van der Waals surface area (Å²) in [7, 11) is 0. The van der Waals surface area contributed by atoms with Crippen molar-refractivity contribution in [2.45, 2.75) is 33.2 Å². The Morgan fingerprint density at radius 3 is 2.82 bits per heavy atom. The van der Waals surface area contributed by atoms with Crippen LogP contribution in [0.5, 0.6) is 0 Å². The second-order valence-corrected chi connectivity index (χ2v) is 4.94. The molecule has 0 aliphatic heterocycles. The van der Waals surface area contributed by atoms with E-state index in [-0.39, 0.29) is 0 Å². The molecule has 2 aromatic rings. The molecule has 0 radical (unpaired) electrons. The van der Waals surface area contributed by atoms with Crippen LogP contribution in [0.4, 0.5) is 5.69 Å². The summed E-state index contributed by atoms with van der Waals surface area (Å²) < 4.78 is 0. The minimum atomic E-state index is 0.809. The topological polar surface area (TPSA) is 24.9 Å². The molecule has 0 fully saturated rings. The third kappa shape index (κ3) is 3.30. The molecule has 0 aliphatic carbocycles. The highest BCUT2D eigenvalue weighted by atomic mass is 32.1. The van der Waals surface area contributed by atoms with Crippen molar-refractivity contribution in [3.05, 3.63) is 45.9 Å². The maximum absolute atomic E-state index is 4.54. The number of nitrogens with one attached hydrogen (secondary N) is 1. The molecule has 1 heterocycles. The van der Waals surface area contributed by atoms with Crippen molar-refractivity contribution in [3.63, 3.8) is 0 Å². The fourth-order valence-corrected chi connectivity index (χ4v) is 2.43. The lowest BCUT2D eigenvalue weighted by Gasteiger charge is -2.05. The molecular formula is C14H18N2S. The summed E-state index contributed by atoms with van der Waals surface area (Å²) in [4.78, 5) is 4.54. The first-order valence-electron chi connectivity index (χ1n) is 6.08. The number of aromatic nitrogens is 1. The number of hydrogen-bond donors (Lipinski definition) is 1. The van der Waals surface area contributed by atoms with E-state index in [9.17, 15) is 0 Å². The largest absolute Gasteiger partial charge is 0.379 e. The molecule has 0 spiro atoms. The van der Waals surface area contributed by atoms with E-state index in [1.807, 2.05) is 0 Å². The Morgan fingerprint density at radius 2 is 2.12 bits per heavy atom. The zero-order chi connectivity index (χ0) is 12.1. The van der Waals surface area contributed by atoms with Crippen LogP contribution >= 0.6 is 11.3 Å². The highest BCUT2D eigenvalue weighted by Gasteiger charge is 2.00. The van der Waals surface area contributed by atoms with Crippen molar-refractivity contribution in [1.82, 2.24) is 4.98 Å². The van der Waals surface area contributed by atoms with E-state index in [1.165, 1.54) is 16.3 Å². The predicted octanol–water partition coefficient (Wildman–Crippen LogP) is 3.88. The van der Waals surface area contributed by atoms with Crippen LogP contribution in [-0.2, 0) is 19.4 Å². The van der Waals surface area contributed by atoms with Crippen molar-refractivity contribution in [2.24, 2.45) is 0 Å². The molecule has 90 valence electrons. The van der Waals surface area contributed by atoms with Gasteiger partial charge in [0.05, 0.1) is 17.2 Å². The van der Waals surface area contributed by atoms with Crippen LogP contribution in [0.2, 0.25) is 0 Å². The van der Waals surface area contributed by atoms with E-state index >= 15 is 0 Å². The minimum Gasteiger partial charge on any atom is -0.379 e. The standard InChI is InChI=1S/C14H18N2S/c1-3-11-6-5-7-12(8-11)15-9-13-10-17-14(4-2)16-13/h5-8,10,15H,3-4,9H2,1-2H3.